The molecule has 5 heteroatoms. The third-order valence-corrected chi connectivity index (χ3v) is 2.59. The highest BCUT2D eigenvalue weighted by atomic mass is 79.9. The second kappa shape index (κ2) is 4.62. The van der Waals surface area contributed by atoms with Gasteiger partial charge in [-0.05, 0) is 34.1 Å². The first-order valence-electron chi connectivity index (χ1n) is 3.57. The number of nitrogens with one attached hydrogen (secondary N) is 2. The van der Waals surface area contributed by atoms with Crippen molar-refractivity contribution in [3.05, 3.63) is 27.1 Å². The van der Waals surface area contributed by atoms with Crippen LogP contribution in [0.4, 0.5) is 10.5 Å². The summed E-state index contributed by atoms with van der Waals surface area (Å²) in [5.41, 5.74) is 0.730. The van der Waals surface area contributed by atoms with Crippen LogP contribution in [0.3, 0.4) is 0 Å². The lowest BCUT2D eigenvalue weighted by molar-refractivity contribution is 0.254. The van der Waals surface area contributed by atoms with E-state index in [0.717, 1.165) is 14.6 Å². The zero-order valence-electron chi connectivity index (χ0n) is 6.90. The molecule has 1 aromatic carbocycles. The molecule has 0 radical (unpaired) electrons. The monoisotopic (exact) mass is 306 g/mol. The molecule has 0 saturated carbocycles. The molecule has 1 rings (SSSR count). The number of urea groups is 1. The molecule has 2 N–H and O–H groups in total. The molecule has 3 nitrogen and oxygen atoms in total. The fourth-order valence-corrected chi connectivity index (χ4v) is 1.48. The highest BCUT2D eigenvalue weighted by molar-refractivity contribution is 9.11. The number of carbonyl (C=O) groups is 1. The molecule has 0 aliphatic heterocycles. The van der Waals surface area contributed by atoms with Gasteiger partial charge < -0.3 is 10.6 Å². The standard InChI is InChI=1S/C8H8Br2N2O/c1-11-8(13)12-7-4-5(9)2-3-6(7)10/h2-4H,1H3,(H2,11,12,13). The molecule has 0 aliphatic rings. The smallest absolute Gasteiger partial charge is 0.319 e. The van der Waals surface area contributed by atoms with E-state index < -0.39 is 0 Å². The van der Waals surface area contributed by atoms with Crippen LogP contribution in [0.25, 0.3) is 0 Å². The minimum atomic E-state index is -0.237. The third-order valence-electron chi connectivity index (χ3n) is 1.40. The molecule has 0 fully saturated rings. The van der Waals surface area contributed by atoms with Gasteiger partial charge in [0.2, 0.25) is 0 Å². The van der Waals surface area contributed by atoms with E-state index >= 15 is 0 Å². The van der Waals surface area contributed by atoms with Gasteiger partial charge in [-0.15, -0.1) is 0 Å². The number of amides is 2. The molecule has 0 saturated heterocycles. The minimum absolute atomic E-state index is 0.237. The van der Waals surface area contributed by atoms with Crippen molar-refractivity contribution in [2.24, 2.45) is 0 Å². The van der Waals surface area contributed by atoms with Crippen molar-refractivity contribution in [1.82, 2.24) is 5.32 Å². The van der Waals surface area contributed by atoms with Crippen LogP contribution in [-0.4, -0.2) is 13.1 Å². The summed E-state index contributed by atoms with van der Waals surface area (Å²) >= 11 is 6.64. The van der Waals surface area contributed by atoms with Gasteiger partial charge in [0.25, 0.3) is 0 Å². The molecule has 0 spiro atoms. The van der Waals surface area contributed by atoms with Crippen molar-refractivity contribution in [3.63, 3.8) is 0 Å². The number of benzene rings is 1. The summed E-state index contributed by atoms with van der Waals surface area (Å²) in [6.07, 6.45) is 0. The maximum absolute atomic E-state index is 11.0. The van der Waals surface area contributed by atoms with Gasteiger partial charge >= 0.3 is 6.03 Å². The third kappa shape index (κ3) is 3.00. The van der Waals surface area contributed by atoms with Crippen LogP contribution in [0.5, 0.6) is 0 Å². The summed E-state index contributed by atoms with van der Waals surface area (Å²) in [4.78, 5) is 11.0. The molecule has 0 aliphatic carbocycles. The summed E-state index contributed by atoms with van der Waals surface area (Å²) in [5, 5.41) is 5.15. The van der Waals surface area contributed by atoms with E-state index in [0.29, 0.717) is 0 Å². The highest BCUT2D eigenvalue weighted by Crippen LogP contribution is 2.25. The predicted molar refractivity (Wildman–Crippen MR) is 59.9 cm³/mol. The van der Waals surface area contributed by atoms with E-state index in [-0.39, 0.29) is 6.03 Å². The second-order valence-corrected chi connectivity index (χ2v) is 4.10. The Kier molecular flexibility index (Phi) is 3.74. The van der Waals surface area contributed by atoms with Crippen molar-refractivity contribution < 1.29 is 4.79 Å². The maximum Gasteiger partial charge on any atom is 0.319 e. The molecule has 0 bridgehead atoms. The van der Waals surface area contributed by atoms with Gasteiger partial charge in [-0.1, -0.05) is 15.9 Å². The Bertz CT molecular complexity index is 328. The van der Waals surface area contributed by atoms with E-state index in [1.54, 1.807) is 7.05 Å². The average molecular weight is 308 g/mol. The lowest BCUT2D eigenvalue weighted by Gasteiger charge is -2.06. The number of rotatable bonds is 1. The number of halogens is 2. The van der Waals surface area contributed by atoms with Crippen molar-refractivity contribution in [1.29, 1.82) is 0 Å². The maximum atomic E-state index is 11.0. The van der Waals surface area contributed by atoms with E-state index in [1.165, 1.54) is 0 Å². The Morgan fingerprint density at radius 2 is 2.08 bits per heavy atom. The van der Waals surface area contributed by atoms with Crippen molar-refractivity contribution in [3.8, 4) is 0 Å². The van der Waals surface area contributed by atoms with E-state index in [4.69, 9.17) is 0 Å². The molecule has 2 amide bonds. The predicted octanol–water partition coefficient (Wildman–Crippen LogP) is 2.96. The fourth-order valence-electron chi connectivity index (χ4n) is 0.778. The van der Waals surface area contributed by atoms with Crippen molar-refractivity contribution in [2.75, 3.05) is 12.4 Å². The zero-order valence-corrected chi connectivity index (χ0v) is 10.1. The Labute approximate surface area is 93.2 Å². The number of carbonyl (C=O) groups excluding carboxylic acids is 1. The first kappa shape index (κ1) is 10.5. The van der Waals surface area contributed by atoms with Gasteiger partial charge in [-0.2, -0.15) is 0 Å². The molecular weight excluding hydrogens is 300 g/mol. The SMILES string of the molecule is CNC(=O)Nc1cc(Br)ccc1Br. The van der Waals surface area contributed by atoms with Crippen molar-refractivity contribution >= 4 is 43.6 Å². The first-order valence-corrected chi connectivity index (χ1v) is 5.16. The molecule has 1 aromatic rings. The van der Waals surface area contributed by atoms with Crippen LogP contribution in [0, 0.1) is 0 Å². The van der Waals surface area contributed by atoms with Gasteiger partial charge in [0.05, 0.1) is 5.69 Å². The molecular formula is C8H8Br2N2O. The molecule has 0 aromatic heterocycles. The van der Waals surface area contributed by atoms with Crippen LogP contribution in [0.1, 0.15) is 0 Å². The Morgan fingerprint density at radius 1 is 1.38 bits per heavy atom. The molecule has 70 valence electrons. The van der Waals surface area contributed by atoms with Gasteiger partial charge in [0.1, 0.15) is 0 Å². The fraction of sp³-hybridized carbons (Fsp3) is 0.125. The number of hydrogen-bond donors (Lipinski definition) is 2. The van der Waals surface area contributed by atoms with Gasteiger partial charge in [-0.25, -0.2) is 4.79 Å². The van der Waals surface area contributed by atoms with Crippen LogP contribution in [-0.2, 0) is 0 Å². The number of anilines is 1. The lowest BCUT2D eigenvalue weighted by atomic mass is 10.3. The summed E-state index contributed by atoms with van der Waals surface area (Å²) < 4.78 is 1.77. The Balaban J connectivity index is 2.87. The van der Waals surface area contributed by atoms with Gasteiger partial charge in [-0.3, -0.25) is 0 Å². The van der Waals surface area contributed by atoms with Gasteiger partial charge in [0.15, 0.2) is 0 Å². The summed E-state index contributed by atoms with van der Waals surface area (Å²) in [6, 6.07) is 5.33. The normalized spacial score (nSPS) is 9.46. The van der Waals surface area contributed by atoms with Crippen molar-refractivity contribution in [2.45, 2.75) is 0 Å². The minimum Gasteiger partial charge on any atom is -0.341 e. The van der Waals surface area contributed by atoms with Crippen LogP contribution in [0.2, 0.25) is 0 Å². The first-order chi connectivity index (χ1) is 6.13. The van der Waals surface area contributed by atoms with Crippen LogP contribution in [0.15, 0.2) is 27.1 Å². The average Bonchev–Trinajstić information content (AvgIpc) is 2.11. The topological polar surface area (TPSA) is 41.1 Å². The molecule has 0 unspecified atom stereocenters. The molecule has 0 atom stereocenters. The van der Waals surface area contributed by atoms with E-state index in [9.17, 15) is 4.79 Å². The second-order valence-electron chi connectivity index (χ2n) is 2.33. The van der Waals surface area contributed by atoms with E-state index in [2.05, 4.69) is 42.5 Å². The summed E-state index contributed by atoms with van der Waals surface area (Å²) in [7, 11) is 1.57. The lowest BCUT2D eigenvalue weighted by Crippen LogP contribution is -2.24. The Hall–Kier alpha value is -0.550. The quantitative estimate of drug-likeness (QED) is 0.823. The van der Waals surface area contributed by atoms with Crippen LogP contribution < -0.4 is 10.6 Å². The summed E-state index contributed by atoms with van der Waals surface area (Å²) in [6.45, 7) is 0. The highest BCUT2D eigenvalue weighted by Gasteiger charge is 2.03. The molecule has 13 heavy (non-hydrogen) atoms. The number of hydrogen-bond acceptors (Lipinski definition) is 1. The largest absolute Gasteiger partial charge is 0.341 e. The van der Waals surface area contributed by atoms with Crippen LogP contribution >= 0.6 is 31.9 Å². The van der Waals surface area contributed by atoms with E-state index in [1.807, 2.05) is 18.2 Å². The Morgan fingerprint density at radius 3 is 2.69 bits per heavy atom. The zero-order chi connectivity index (χ0) is 9.84. The summed E-state index contributed by atoms with van der Waals surface area (Å²) in [5.74, 6) is 0. The van der Waals surface area contributed by atoms with Gasteiger partial charge in [0, 0.05) is 16.0 Å². The molecule has 0 heterocycles.